The average Bonchev–Trinajstić information content (AvgIpc) is 2.76. The molecule has 0 aliphatic heterocycles. The second-order valence-electron chi connectivity index (χ2n) is 7.47. The molecule has 0 radical (unpaired) electrons. The summed E-state index contributed by atoms with van der Waals surface area (Å²) in [6.45, 7) is 0. The Hall–Kier alpha value is -1.37. The molecule has 0 spiro atoms. The van der Waals surface area contributed by atoms with Crippen LogP contribution in [0.15, 0.2) is 29.8 Å². The smallest absolute Gasteiger partial charge is 0.189 e. The number of ketones is 1. The van der Waals surface area contributed by atoms with Crippen LogP contribution in [-0.2, 0) is 0 Å². The van der Waals surface area contributed by atoms with E-state index < -0.39 is 0 Å². The van der Waals surface area contributed by atoms with Crippen molar-refractivity contribution in [3.63, 3.8) is 0 Å². The first-order valence-electron chi connectivity index (χ1n) is 8.15. The predicted molar refractivity (Wildman–Crippen MR) is 79.3 cm³/mol. The summed E-state index contributed by atoms with van der Waals surface area (Å²) in [7, 11) is 0. The fourth-order valence-electron chi connectivity index (χ4n) is 5.90. The molecule has 1 aromatic carbocycles. The monoisotopic (exact) mass is 264 g/mol. The summed E-state index contributed by atoms with van der Waals surface area (Å²) in [6.07, 6.45) is 9.24. The molecule has 0 atom stereocenters. The number of allylic oxidation sites excluding steroid dienone is 1. The van der Waals surface area contributed by atoms with Crippen LogP contribution < -0.4 is 0 Å². The molecule has 0 N–H and O–H groups in total. The molecule has 0 aromatic heterocycles. The van der Waals surface area contributed by atoms with Gasteiger partial charge < -0.3 is 0 Å². The summed E-state index contributed by atoms with van der Waals surface area (Å²) < 4.78 is 0. The first kappa shape index (κ1) is 11.3. The van der Waals surface area contributed by atoms with Crippen LogP contribution in [0, 0.1) is 29.6 Å². The second-order valence-corrected chi connectivity index (χ2v) is 7.47. The fourth-order valence-corrected chi connectivity index (χ4v) is 5.90. The summed E-state index contributed by atoms with van der Waals surface area (Å²) in [5.41, 5.74) is 3.25. The number of Topliss-reactive ketones (excluding diaryl/α,β-unsaturated/α-hetero) is 1. The summed E-state index contributed by atoms with van der Waals surface area (Å²) in [5.74, 6) is 4.47. The van der Waals surface area contributed by atoms with Crippen molar-refractivity contribution in [3.8, 4) is 0 Å². The van der Waals surface area contributed by atoms with Crippen LogP contribution in [-0.4, -0.2) is 5.78 Å². The predicted octanol–water partition coefficient (Wildman–Crippen LogP) is 4.34. The van der Waals surface area contributed by atoms with Gasteiger partial charge in [-0.2, -0.15) is 0 Å². The van der Waals surface area contributed by atoms with E-state index >= 15 is 0 Å². The normalized spacial score (nSPS) is 40.9. The largest absolute Gasteiger partial charge is 0.289 e. The van der Waals surface area contributed by atoms with E-state index in [2.05, 4.69) is 12.1 Å². The molecule has 5 aliphatic rings. The highest BCUT2D eigenvalue weighted by atomic mass is 16.1. The molecule has 1 nitrogen and oxygen atoms in total. The lowest BCUT2D eigenvalue weighted by Gasteiger charge is -2.54. The van der Waals surface area contributed by atoms with E-state index in [1.807, 2.05) is 18.2 Å². The van der Waals surface area contributed by atoms with Gasteiger partial charge in [0.2, 0.25) is 0 Å². The zero-order chi connectivity index (χ0) is 13.3. The molecule has 4 fully saturated rings. The molecular weight excluding hydrogens is 244 g/mol. The highest BCUT2D eigenvalue weighted by Gasteiger charge is 2.50. The Morgan fingerprint density at radius 1 is 0.850 bits per heavy atom. The van der Waals surface area contributed by atoms with Crippen molar-refractivity contribution in [2.75, 3.05) is 0 Å². The molecule has 1 heteroatoms. The molecule has 4 bridgehead atoms. The van der Waals surface area contributed by atoms with Crippen molar-refractivity contribution in [2.24, 2.45) is 29.6 Å². The minimum absolute atomic E-state index is 0.332. The van der Waals surface area contributed by atoms with Crippen LogP contribution >= 0.6 is 0 Å². The third kappa shape index (κ3) is 1.41. The first-order valence-corrected chi connectivity index (χ1v) is 8.15. The highest BCUT2D eigenvalue weighted by molar-refractivity contribution is 6.18. The zero-order valence-corrected chi connectivity index (χ0v) is 11.7. The summed E-state index contributed by atoms with van der Waals surface area (Å²) in [4.78, 5) is 12.8. The van der Waals surface area contributed by atoms with Crippen molar-refractivity contribution in [1.29, 1.82) is 0 Å². The minimum Gasteiger partial charge on any atom is -0.289 e. The molecule has 5 aliphatic carbocycles. The topological polar surface area (TPSA) is 17.1 Å². The summed E-state index contributed by atoms with van der Waals surface area (Å²) in [6, 6.07) is 8.13. The third-order valence-electron chi connectivity index (χ3n) is 6.36. The third-order valence-corrected chi connectivity index (χ3v) is 6.36. The zero-order valence-electron chi connectivity index (χ0n) is 11.7. The molecule has 102 valence electrons. The van der Waals surface area contributed by atoms with E-state index in [0.29, 0.717) is 11.7 Å². The van der Waals surface area contributed by atoms with E-state index in [1.54, 1.807) is 0 Å². The number of carbonyl (C=O) groups excluding carboxylic acids is 1. The number of fused-ring (bicyclic) bond motifs is 1. The van der Waals surface area contributed by atoms with Gasteiger partial charge in [0.15, 0.2) is 5.78 Å². The van der Waals surface area contributed by atoms with Gasteiger partial charge in [-0.15, -0.1) is 0 Å². The molecule has 6 rings (SSSR count). The number of benzene rings is 1. The summed E-state index contributed by atoms with van der Waals surface area (Å²) in [5, 5.41) is 0. The van der Waals surface area contributed by atoms with Gasteiger partial charge in [-0.1, -0.05) is 24.3 Å². The Kier molecular flexibility index (Phi) is 2.17. The van der Waals surface area contributed by atoms with Gasteiger partial charge in [0.05, 0.1) is 0 Å². The Morgan fingerprint density at radius 2 is 1.50 bits per heavy atom. The van der Waals surface area contributed by atoms with Crippen LogP contribution in [0.3, 0.4) is 0 Å². The van der Waals surface area contributed by atoms with Crippen molar-refractivity contribution in [3.05, 3.63) is 41.0 Å². The number of rotatable bonds is 1. The van der Waals surface area contributed by atoms with Gasteiger partial charge in [-0.05, 0) is 73.3 Å². The van der Waals surface area contributed by atoms with Crippen molar-refractivity contribution in [2.45, 2.75) is 32.1 Å². The van der Waals surface area contributed by atoms with E-state index in [0.717, 1.165) is 40.4 Å². The molecule has 1 aromatic rings. The van der Waals surface area contributed by atoms with E-state index in [9.17, 15) is 4.79 Å². The van der Waals surface area contributed by atoms with E-state index in [1.165, 1.54) is 32.1 Å². The molecule has 20 heavy (non-hydrogen) atoms. The molecule has 4 saturated carbocycles. The second kappa shape index (κ2) is 3.84. The van der Waals surface area contributed by atoms with Gasteiger partial charge in [-0.25, -0.2) is 0 Å². The van der Waals surface area contributed by atoms with E-state index in [4.69, 9.17) is 0 Å². The van der Waals surface area contributed by atoms with Gasteiger partial charge in [-0.3, -0.25) is 4.79 Å². The lowest BCUT2D eigenvalue weighted by molar-refractivity contribution is -0.0200. The van der Waals surface area contributed by atoms with Crippen LogP contribution in [0.1, 0.15) is 48.0 Å². The van der Waals surface area contributed by atoms with Gasteiger partial charge >= 0.3 is 0 Å². The van der Waals surface area contributed by atoms with Gasteiger partial charge in [0.25, 0.3) is 0 Å². The Labute approximate surface area is 120 Å². The fraction of sp³-hybridized carbons (Fsp3) is 0.526. The first-order chi connectivity index (χ1) is 9.79. The van der Waals surface area contributed by atoms with Gasteiger partial charge in [0.1, 0.15) is 0 Å². The van der Waals surface area contributed by atoms with Crippen LogP contribution in [0.25, 0.3) is 6.08 Å². The number of hydrogen-bond donors (Lipinski definition) is 0. The maximum atomic E-state index is 12.8. The van der Waals surface area contributed by atoms with Gasteiger partial charge in [0, 0.05) is 11.1 Å². The molecular formula is C19H20O. The standard InChI is InChI=1S/C19H20O/c20-19-16-4-2-1-3-13(16)10-17(19)18-14-6-11-5-12(8-14)9-15(18)7-11/h1-4,10-12,14-15,18H,5-9H2. The molecule has 0 unspecified atom stereocenters. The summed E-state index contributed by atoms with van der Waals surface area (Å²) >= 11 is 0. The maximum absolute atomic E-state index is 12.8. The average molecular weight is 264 g/mol. The lowest BCUT2D eigenvalue weighted by Crippen LogP contribution is -2.46. The van der Waals surface area contributed by atoms with Crippen LogP contribution in [0.2, 0.25) is 0 Å². The number of hydrogen-bond acceptors (Lipinski definition) is 1. The van der Waals surface area contributed by atoms with Crippen LogP contribution in [0.5, 0.6) is 0 Å². The SMILES string of the molecule is O=C1C(C2C3CC4CC(C3)CC2C4)=Cc2ccccc21. The lowest BCUT2D eigenvalue weighted by atomic mass is 9.50. The Morgan fingerprint density at radius 3 is 2.15 bits per heavy atom. The highest BCUT2D eigenvalue weighted by Crippen LogP contribution is 2.59. The number of carbonyl (C=O) groups is 1. The van der Waals surface area contributed by atoms with Crippen LogP contribution in [0.4, 0.5) is 0 Å². The maximum Gasteiger partial charge on any atom is 0.189 e. The van der Waals surface area contributed by atoms with E-state index in [-0.39, 0.29) is 0 Å². The molecule has 0 saturated heterocycles. The Bertz CT molecular complexity index is 596. The molecule has 0 amide bonds. The van der Waals surface area contributed by atoms with Crippen molar-refractivity contribution in [1.82, 2.24) is 0 Å². The van der Waals surface area contributed by atoms with Crippen molar-refractivity contribution < 1.29 is 4.79 Å². The molecule has 0 heterocycles. The Balaban J connectivity index is 1.54. The minimum atomic E-state index is 0.332. The van der Waals surface area contributed by atoms with Crippen molar-refractivity contribution >= 4 is 11.9 Å². The quantitative estimate of drug-likeness (QED) is 0.737.